The van der Waals surface area contributed by atoms with Crippen molar-refractivity contribution in [3.63, 3.8) is 0 Å². The Hall–Kier alpha value is -3.04. The lowest BCUT2D eigenvalue weighted by atomic mass is 9.85. The predicted molar refractivity (Wildman–Crippen MR) is 127 cm³/mol. The fraction of sp³-hybridized carbons (Fsp3) is 0.375. The number of hydrogen-bond donors (Lipinski definition) is 2. The van der Waals surface area contributed by atoms with Gasteiger partial charge in [0.2, 0.25) is 0 Å². The summed E-state index contributed by atoms with van der Waals surface area (Å²) in [5, 5.41) is 10.3. The molecule has 172 valence electrons. The van der Waals surface area contributed by atoms with Crippen LogP contribution in [-0.4, -0.2) is 59.0 Å². The van der Waals surface area contributed by atoms with Gasteiger partial charge in [0.15, 0.2) is 21.5 Å². The molecule has 1 aromatic heterocycles. The standard InChI is InChI=1S/C24H27N5O3S/c30-24(20-6-1-3-17(15-20)16-29-11-13-33(31,32)14-12-29)25-21-9-7-19(8-10-21)23-26-22(27-28-23)18-4-2-5-18/h1,3,6-10,15,18H,2,4-5,11-14,16H2,(H,25,30)(H,26,27,28). The van der Waals surface area contributed by atoms with Crippen molar-refractivity contribution in [2.45, 2.75) is 31.7 Å². The van der Waals surface area contributed by atoms with Gasteiger partial charge in [-0.3, -0.25) is 14.8 Å². The molecule has 2 N–H and O–H groups in total. The largest absolute Gasteiger partial charge is 0.322 e. The Kier molecular flexibility index (Phi) is 5.99. The number of anilines is 1. The monoisotopic (exact) mass is 465 g/mol. The van der Waals surface area contributed by atoms with Gasteiger partial charge in [-0.15, -0.1) is 0 Å². The van der Waals surface area contributed by atoms with Gasteiger partial charge in [0, 0.05) is 42.4 Å². The molecule has 1 amide bonds. The molecule has 0 radical (unpaired) electrons. The third-order valence-corrected chi connectivity index (χ3v) is 8.03. The molecule has 8 nitrogen and oxygen atoms in total. The Bertz CT molecular complexity index is 1240. The number of rotatable bonds is 6. The number of hydrogen-bond acceptors (Lipinski definition) is 6. The lowest BCUT2D eigenvalue weighted by Gasteiger charge is -2.26. The highest BCUT2D eigenvalue weighted by atomic mass is 32.2. The fourth-order valence-corrected chi connectivity index (χ4v) is 5.42. The van der Waals surface area contributed by atoms with Crippen molar-refractivity contribution in [2.75, 3.05) is 29.9 Å². The van der Waals surface area contributed by atoms with E-state index in [4.69, 9.17) is 0 Å². The van der Waals surface area contributed by atoms with Crippen molar-refractivity contribution in [3.05, 3.63) is 65.5 Å². The van der Waals surface area contributed by atoms with Gasteiger partial charge in [-0.25, -0.2) is 13.4 Å². The molecule has 0 unspecified atom stereocenters. The first-order valence-electron chi connectivity index (χ1n) is 11.3. The molecule has 2 aliphatic rings. The molecule has 1 saturated carbocycles. The van der Waals surface area contributed by atoms with Gasteiger partial charge in [0.1, 0.15) is 0 Å². The van der Waals surface area contributed by atoms with Crippen LogP contribution in [0.3, 0.4) is 0 Å². The second-order valence-electron chi connectivity index (χ2n) is 8.83. The lowest BCUT2D eigenvalue weighted by molar-refractivity contribution is 0.102. The lowest BCUT2D eigenvalue weighted by Crippen LogP contribution is -2.39. The number of aromatic nitrogens is 3. The zero-order valence-corrected chi connectivity index (χ0v) is 19.1. The van der Waals surface area contributed by atoms with E-state index in [9.17, 15) is 13.2 Å². The van der Waals surface area contributed by atoms with Gasteiger partial charge < -0.3 is 5.32 Å². The summed E-state index contributed by atoms with van der Waals surface area (Å²) in [6.07, 6.45) is 3.56. The molecule has 2 heterocycles. The summed E-state index contributed by atoms with van der Waals surface area (Å²) >= 11 is 0. The summed E-state index contributed by atoms with van der Waals surface area (Å²) in [5.41, 5.74) is 3.19. The molecule has 5 rings (SSSR count). The van der Waals surface area contributed by atoms with E-state index in [1.165, 1.54) is 6.42 Å². The minimum Gasteiger partial charge on any atom is -0.322 e. The van der Waals surface area contributed by atoms with Crippen LogP contribution in [0.15, 0.2) is 48.5 Å². The number of nitrogens with one attached hydrogen (secondary N) is 2. The first-order chi connectivity index (χ1) is 15.9. The molecular weight excluding hydrogens is 438 g/mol. The summed E-state index contributed by atoms with van der Waals surface area (Å²) in [5.74, 6) is 2.32. The number of nitrogens with zero attached hydrogens (tertiary/aromatic N) is 3. The number of benzene rings is 2. The molecular formula is C24H27N5O3S. The Labute approximate surface area is 193 Å². The van der Waals surface area contributed by atoms with E-state index in [1.54, 1.807) is 6.07 Å². The quantitative estimate of drug-likeness (QED) is 0.579. The number of H-pyrrole nitrogens is 1. The van der Waals surface area contributed by atoms with Crippen LogP contribution in [0.25, 0.3) is 11.4 Å². The van der Waals surface area contributed by atoms with E-state index in [0.717, 1.165) is 35.6 Å². The first-order valence-corrected chi connectivity index (χ1v) is 13.1. The summed E-state index contributed by atoms with van der Waals surface area (Å²) < 4.78 is 23.2. The average Bonchev–Trinajstić information content (AvgIpc) is 3.24. The Morgan fingerprint density at radius 3 is 2.55 bits per heavy atom. The molecule has 2 fully saturated rings. The van der Waals surface area contributed by atoms with Crippen molar-refractivity contribution in [2.24, 2.45) is 0 Å². The van der Waals surface area contributed by atoms with Crippen LogP contribution in [0.2, 0.25) is 0 Å². The molecule has 1 aliphatic heterocycles. The number of sulfone groups is 1. The SMILES string of the molecule is O=C(Nc1ccc(-c2nc(C3CCC3)n[nH]2)cc1)c1cccc(CN2CCS(=O)(=O)CC2)c1. The molecule has 9 heteroatoms. The third-order valence-electron chi connectivity index (χ3n) is 6.42. The van der Waals surface area contributed by atoms with Crippen LogP contribution < -0.4 is 5.32 Å². The summed E-state index contributed by atoms with van der Waals surface area (Å²) in [6, 6.07) is 15.0. The number of aromatic amines is 1. The predicted octanol–water partition coefficient (Wildman–Crippen LogP) is 3.22. The highest BCUT2D eigenvalue weighted by Gasteiger charge is 2.24. The minimum atomic E-state index is -2.90. The molecule has 1 aliphatic carbocycles. The van der Waals surface area contributed by atoms with Gasteiger partial charge in [-0.05, 0) is 54.8 Å². The van der Waals surface area contributed by atoms with Crippen LogP contribution in [0.5, 0.6) is 0 Å². The van der Waals surface area contributed by atoms with Crippen molar-refractivity contribution in [1.82, 2.24) is 20.1 Å². The van der Waals surface area contributed by atoms with Gasteiger partial charge in [0.25, 0.3) is 5.91 Å². The van der Waals surface area contributed by atoms with Gasteiger partial charge >= 0.3 is 0 Å². The third kappa shape index (κ3) is 5.15. The van der Waals surface area contributed by atoms with Crippen molar-refractivity contribution in [1.29, 1.82) is 0 Å². The second kappa shape index (κ2) is 9.07. The van der Waals surface area contributed by atoms with Crippen LogP contribution in [0.4, 0.5) is 5.69 Å². The van der Waals surface area contributed by atoms with Crippen LogP contribution >= 0.6 is 0 Å². The fourth-order valence-electron chi connectivity index (χ4n) is 4.15. The Balaban J connectivity index is 1.20. The Morgan fingerprint density at radius 1 is 1.09 bits per heavy atom. The van der Waals surface area contributed by atoms with Gasteiger partial charge in [-0.1, -0.05) is 18.6 Å². The normalized spacial score (nSPS) is 18.5. The zero-order valence-electron chi connectivity index (χ0n) is 18.3. The maximum atomic E-state index is 12.8. The molecule has 0 atom stereocenters. The topological polar surface area (TPSA) is 108 Å². The average molecular weight is 466 g/mol. The number of amides is 1. The molecule has 3 aromatic rings. The van der Waals surface area contributed by atoms with E-state index in [0.29, 0.717) is 36.8 Å². The summed E-state index contributed by atoms with van der Waals surface area (Å²) in [6.45, 7) is 1.68. The summed E-state index contributed by atoms with van der Waals surface area (Å²) in [7, 11) is -2.90. The van der Waals surface area contributed by atoms with Gasteiger partial charge in [-0.2, -0.15) is 5.10 Å². The molecule has 0 bridgehead atoms. The van der Waals surface area contributed by atoms with Crippen molar-refractivity contribution >= 4 is 21.4 Å². The minimum absolute atomic E-state index is 0.183. The molecule has 2 aromatic carbocycles. The summed E-state index contributed by atoms with van der Waals surface area (Å²) in [4.78, 5) is 19.5. The highest BCUT2D eigenvalue weighted by molar-refractivity contribution is 7.91. The second-order valence-corrected chi connectivity index (χ2v) is 11.1. The van der Waals surface area contributed by atoms with E-state index in [-0.39, 0.29) is 17.4 Å². The van der Waals surface area contributed by atoms with Crippen LogP contribution in [0.1, 0.15) is 46.9 Å². The van der Waals surface area contributed by atoms with E-state index < -0.39 is 9.84 Å². The van der Waals surface area contributed by atoms with Crippen molar-refractivity contribution in [3.8, 4) is 11.4 Å². The number of carbonyl (C=O) groups excluding carboxylic acids is 1. The number of carbonyl (C=O) groups is 1. The van der Waals surface area contributed by atoms with Gasteiger partial charge in [0.05, 0.1) is 11.5 Å². The zero-order chi connectivity index (χ0) is 22.8. The maximum absolute atomic E-state index is 12.8. The van der Waals surface area contributed by atoms with Crippen LogP contribution in [0, 0.1) is 0 Å². The maximum Gasteiger partial charge on any atom is 0.255 e. The van der Waals surface area contributed by atoms with E-state index in [2.05, 4.69) is 25.4 Å². The highest BCUT2D eigenvalue weighted by Crippen LogP contribution is 2.34. The Morgan fingerprint density at radius 2 is 1.85 bits per heavy atom. The van der Waals surface area contributed by atoms with Crippen LogP contribution in [-0.2, 0) is 16.4 Å². The molecule has 0 spiro atoms. The molecule has 1 saturated heterocycles. The molecule has 33 heavy (non-hydrogen) atoms. The first kappa shape index (κ1) is 21.8. The van der Waals surface area contributed by atoms with Crippen molar-refractivity contribution < 1.29 is 13.2 Å². The van der Waals surface area contributed by atoms with E-state index in [1.807, 2.05) is 42.5 Å². The smallest absolute Gasteiger partial charge is 0.255 e. The van der Waals surface area contributed by atoms with E-state index >= 15 is 0 Å².